The lowest BCUT2D eigenvalue weighted by Crippen LogP contribution is -2.35. The van der Waals surface area contributed by atoms with E-state index in [2.05, 4.69) is 4.90 Å². The van der Waals surface area contributed by atoms with Gasteiger partial charge in [-0.05, 0) is 30.5 Å². The summed E-state index contributed by atoms with van der Waals surface area (Å²) in [5.74, 6) is 0.486. The summed E-state index contributed by atoms with van der Waals surface area (Å²) in [5.41, 5.74) is 1.25. The Hall–Kier alpha value is -1.52. The fraction of sp³-hybridized carbons (Fsp3) is 0.368. The number of nitrogens with zero attached hydrogens (tertiary/aromatic N) is 1. The molecule has 0 amide bonds. The third-order valence-corrected chi connectivity index (χ3v) is 4.18. The van der Waals surface area contributed by atoms with E-state index in [-0.39, 0.29) is 6.04 Å². The van der Waals surface area contributed by atoms with Crippen molar-refractivity contribution in [2.75, 3.05) is 12.4 Å². The monoisotopic (exact) mass is 355 g/mol. The van der Waals surface area contributed by atoms with Crippen molar-refractivity contribution in [2.45, 2.75) is 32.1 Å². The van der Waals surface area contributed by atoms with Crippen LogP contribution in [0.15, 0.2) is 54.6 Å². The van der Waals surface area contributed by atoms with Gasteiger partial charge < -0.3 is 0 Å². The molecule has 0 saturated heterocycles. The van der Waals surface area contributed by atoms with Gasteiger partial charge in [0.15, 0.2) is 0 Å². The summed E-state index contributed by atoms with van der Waals surface area (Å²) in [4.78, 5) is 2.20. The van der Waals surface area contributed by atoms with Gasteiger partial charge in [0.05, 0.1) is 5.56 Å². The summed E-state index contributed by atoms with van der Waals surface area (Å²) < 4.78 is 38.5. The van der Waals surface area contributed by atoms with E-state index in [0.717, 1.165) is 12.6 Å². The van der Waals surface area contributed by atoms with Crippen LogP contribution in [-0.2, 0) is 19.1 Å². The summed E-state index contributed by atoms with van der Waals surface area (Å²) in [6, 6.07) is 15.6. The molecule has 2 aromatic rings. The van der Waals surface area contributed by atoms with Gasteiger partial charge in [0.1, 0.15) is 0 Å². The fourth-order valence-electron chi connectivity index (χ4n) is 2.73. The molecule has 0 fully saturated rings. The Morgan fingerprint density at radius 1 is 1.00 bits per heavy atom. The van der Waals surface area contributed by atoms with Crippen LogP contribution < -0.4 is 0 Å². The molecule has 0 radical (unpaired) electrons. The van der Waals surface area contributed by atoms with Crippen LogP contribution in [-0.4, -0.2) is 23.4 Å². The number of halogens is 4. The van der Waals surface area contributed by atoms with Crippen molar-refractivity contribution in [1.29, 1.82) is 0 Å². The normalized spacial score (nSPS) is 13.2. The zero-order valence-corrected chi connectivity index (χ0v) is 14.3. The summed E-state index contributed by atoms with van der Waals surface area (Å²) in [6.07, 6.45) is -3.76. The van der Waals surface area contributed by atoms with Gasteiger partial charge in [-0.3, -0.25) is 4.90 Å². The zero-order chi connectivity index (χ0) is 17.6. The van der Waals surface area contributed by atoms with Crippen molar-refractivity contribution in [2.24, 2.45) is 0 Å². The van der Waals surface area contributed by atoms with Crippen molar-refractivity contribution in [3.8, 4) is 0 Å². The van der Waals surface area contributed by atoms with Gasteiger partial charge in [-0.25, -0.2) is 0 Å². The molecule has 24 heavy (non-hydrogen) atoms. The van der Waals surface area contributed by atoms with Gasteiger partial charge in [-0.1, -0.05) is 48.5 Å². The molecule has 0 unspecified atom stereocenters. The molecule has 0 aromatic heterocycles. The lowest BCUT2D eigenvalue weighted by Gasteiger charge is -2.29. The lowest BCUT2D eigenvalue weighted by atomic mass is 10.0. The molecule has 0 aliphatic carbocycles. The minimum atomic E-state index is -4.31. The van der Waals surface area contributed by atoms with Crippen LogP contribution in [0.5, 0.6) is 0 Å². The minimum absolute atomic E-state index is 0.0902. The van der Waals surface area contributed by atoms with E-state index in [1.807, 2.05) is 37.3 Å². The third-order valence-electron chi connectivity index (χ3n) is 4.01. The van der Waals surface area contributed by atoms with Crippen LogP contribution in [0, 0.1) is 0 Å². The quantitative estimate of drug-likeness (QED) is 0.603. The molecule has 0 heterocycles. The first-order valence-corrected chi connectivity index (χ1v) is 8.43. The van der Waals surface area contributed by atoms with Gasteiger partial charge >= 0.3 is 6.18 Å². The smallest absolute Gasteiger partial charge is 0.295 e. The number of benzene rings is 2. The van der Waals surface area contributed by atoms with E-state index in [0.29, 0.717) is 24.4 Å². The second kappa shape index (κ2) is 8.54. The fourth-order valence-corrected chi connectivity index (χ4v) is 2.94. The van der Waals surface area contributed by atoms with Crippen LogP contribution in [0.3, 0.4) is 0 Å². The molecule has 1 nitrogen and oxygen atoms in total. The average molecular weight is 356 g/mol. The number of rotatable bonds is 7. The Balaban J connectivity index is 2.09. The van der Waals surface area contributed by atoms with Crippen molar-refractivity contribution in [3.63, 3.8) is 0 Å². The highest BCUT2D eigenvalue weighted by Gasteiger charge is 2.30. The highest BCUT2D eigenvalue weighted by atomic mass is 35.5. The molecule has 0 aliphatic rings. The van der Waals surface area contributed by atoms with E-state index < -0.39 is 11.7 Å². The Bertz CT molecular complexity index is 628. The van der Waals surface area contributed by atoms with E-state index in [9.17, 15) is 13.2 Å². The first-order valence-electron chi connectivity index (χ1n) is 7.90. The second-order valence-electron chi connectivity index (χ2n) is 5.90. The molecule has 2 aromatic carbocycles. The van der Waals surface area contributed by atoms with Gasteiger partial charge in [-0.2, -0.15) is 13.2 Å². The molecular weight excluding hydrogens is 335 g/mol. The Labute approximate surface area is 146 Å². The van der Waals surface area contributed by atoms with Gasteiger partial charge in [-0.15, -0.1) is 11.6 Å². The molecule has 5 heteroatoms. The Kier molecular flexibility index (Phi) is 6.69. The van der Waals surface area contributed by atoms with Gasteiger partial charge in [0.2, 0.25) is 0 Å². The molecule has 130 valence electrons. The molecule has 0 N–H and O–H groups in total. The maximum Gasteiger partial charge on any atom is 0.416 e. The van der Waals surface area contributed by atoms with Crippen LogP contribution in [0.25, 0.3) is 0 Å². The molecule has 2 rings (SSSR count). The SMILES string of the molecule is C[C@@H](Cc1cccc(C(F)(F)F)c1)N(CCCl)Cc1ccccc1. The highest BCUT2D eigenvalue weighted by Crippen LogP contribution is 2.30. The third kappa shape index (κ3) is 5.53. The maximum absolute atomic E-state index is 12.8. The molecule has 0 spiro atoms. The number of hydrogen-bond donors (Lipinski definition) is 0. The van der Waals surface area contributed by atoms with Crippen molar-refractivity contribution in [3.05, 3.63) is 71.3 Å². The number of alkyl halides is 4. The average Bonchev–Trinajstić information content (AvgIpc) is 2.55. The summed E-state index contributed by atoms with van der Waals surface area (Å²) in [7, 11) is 0. The molecule has 0 saturated carbocycles. The zero-order valence-electron chi connectivity index (χ0n) is 13.6. The van der Waals surface area contributed by atoms with E-state index in [4.69, 9.17) is 11.6 Å². The minimum Gasteiger partial charge on any atom is -0.295 e. The van der Waals surface area contributed by atoms with E-state index in [1.54, 1.807) is 6.07 Å². The standard InChI is InChI=1S/C19H21ClF3N/c1-15(12-17-8-5-9-18(13-17)19(21,22)23)24(11-10-20)14-16-6-3-2-4-7-16/h2-9,13,15H,10-12,14H2,1H3/t15-/m0/s1. The lowest BCUT2D eigenvalue weighted by molar-refractivity contribution is -0.137. The van der Waals surface area contributed by atoms with E-state index in [1.165, 1.54) is 17.7 Å². The van der Waals surface area contributed by atoms with E-state index >= 15 is 0 Å². The van der Waals surface area contributed by atoms with Gasteiger partial charge in [0, 0.05) is 25.0 Å². The van der Waals surface area contributed by atoms with Crippen LogP contribution in [0.1, 0.15) is 23.6 Å². The molecule has 0 bridgehead atoms. The maximum atomic E-state index is 12.8. The second-order valence-corrected chi connectivity index (χ2v) is 6.27. The molecule has 1 atom stereocenters. The Morgan fingerprint density at radius 2 is 1.67 bits per heavy atom. The molecule has 0 aliphatic heterocycles. The molecular formula is C19H21ClF3N. The predicted octanol–water partition coefficient (Wildman–Crippen LogP) is 5.38. The predicted molar refractivity (Wildman–Crippen MR) is 92.2 cm³/mol. The first-order chi connectivity index (χ1) is 11.4. The largest absolute Gasteiger partial charge is 0.416 e. The van der Waals surface area contributed by atoms with Crippen molar-refractivity contribution in [1.82, 2.24) is 4.90 Å². The van der Waals surface area contributed by atoms with Crippen molar-refractivity contribution < 1.29 is 13.2 Å². The highest BCUT2D eigenvalue weighted by molar-refractivity contribution is 6.18. The van der Waals surface area contributed by atoms with Crippen molar-refractivity contribution >= 4 is 11.6 Å². The van der Waals surface area contributed by atoms with Crippen LogP contribution in [0.2, 0.25) is 0 Å². The topological polar surface area (TPSA) is 3.24 Å². The first kappa shape index (κ1) is 18.8. The van der Waals surface area contributed by atoms with Crippen LogP contribution in [0.4, 0.5) is 13.2 Å². The summed E-state index contributed by atoms with van der Waals surface area (Å²) >= 11 is 5.90. The Morgan fingerprint density at radius 3 is 2.29 bits per heavy atom. The number of hydrogen-bond acceptors (Lipinski definition) is 1. The summed E-state index contributed by atoms with van der Waals surface area (Å²) in [6.45, 7) is 3.44. The van der Waals surface area contributed by atoms with Gasteiger partial charge in [0.25, 0.3) is 0 Å². The van der Waals surface area contributed by atoms with Crippen LogP contribution >= 0.6 is 11.6 Å². The summed E-state index contributed by atoms with van der Waals surface area (Å²) in [5, 5.41) is 0.